The first-order chi connectivity index (χ1) is 4.75. The predicted molar refractivity (Wildman–Crippen MR) is 37.8 cm³/mol. The highest BCUT2D eigenvalue weighted by Crippen LogP contribution is 2.08. The number of alkyl halides is 1. The van der Waals surface area contributed by atoms with E-state index in [0.717, 1.165) is 0 Å². The number of ether oxygens (including phenoxy) is 1. The molecule has 1 rings (SSSR count). The molecular formula is C6H10ClNO2. The molecule has 1 amide bonds. The fourth-order valence-electron chi connectivity index (χ4n) is 0.998. The fraction of sp³-hybridized carbons (Fsp3) is 0.833. The summed E-state index contributed by atoms with van der Waals surface area (Å²) in [7, 11) is 0. The number of hydrogen-bond donors (Lipinski definition) is 0. The molecule has 10 heavy (non-hydrogen) atoms. The van der Waals surface area contributed by atoms with E-state index in [0.29, 0.717) is 13.2 Å². The summed E-state index contributed by atoms with van der Waals surface area (Å²) in [6.45, 7) is 3.15. The molecule has 3 nitrogen and oxygen atoms in total. The van der Waals surface area contributed by atoms with Crippen LogP contribution in [0.1, 0.15) is 6.92 Å². The van der Waals surface area contributed by atoms with Crippen LogP contribution in [0, 0.1) is 0 Å². The highest BCUT2D eigenvalue weighted by Gasteiger charge is 2.24. The number of carbonyl (C=O) groups is 1. The quantitative estimate of drug-likeness (QED) is 0.525. The molecule has 0 spiro atoms. The van der Waals surface area contributed by atoms with Gasteiger partial charge in [-0.1, -0.05) is 0 Å². The topological polar surface area (TPSA) is 29.5 Å². The lowest BCUT2D eigenvalue weighted by Gasteiger charge is -2.17. The molecule has 0 radical (unpaired) electrons. The number of rotatable bonds is 1. The van der Waals surface area contributed by atoms with E-state index < -0.39 is 0 Å². The molecule has 1 fully saturated rings. The zero-order valence-electron chi connectivity index (χ0n) is 5.84. The Balaban J connectivity index is 2.46. The SMILES string of the molecule is CC1OCCN1C(=O)CCl. The Morgan fingerprint density at radius 1 is 1.90 bits per heavy atom. The normalized spacial score (nSPS) is 25.4. The van der Waals surface area contributed by atoms with Crippen molar-refractivity contribution in [2.75, 3.05) is 19.0 Å². The molecule has 1 unspecified atom stereocenters. The highest BCUT2D eigenvalue weighted by atomic mass is 35.5. The number of carbonyl (C=O) groups excluding carboxylic acids is 1. The van der Waals surface area contributed by atoms with Gasteiger partial charge >= 0.3 is 0 Å². The third kappa shape index (κ3) is 1.41. The zero-order valence-corrected chi connectivity index (χ0v) is 6.60. The van der Waals surface area contributed by atoms with Crippen LogP contribution in [-0.4, -0.2) is 36.1 Å². The molecule has 1 atom stereocenters. The molecule has 0 bridgehead atoms. The van der Waals surface area contributed by atoms with Crippen LogP contribution in [0.3, 0.4) is 0 Å². The van der Waals surface area contributed by atoms with Gasteiger partial charge in [0.1, 0.15) is 12.1 Å². The van der Waals surface area contributed by atoms with Gasteiger partial charge in [-0.2, -0.15) is 0 Å². The van der Waals surface area contributed by atoms with Gasteiger partial charge in [0.2, 0.25) is 5.91 Å². The molecule has 1 aliphatic heterocycles. The molecule has 1 aliphatic rings. The standard InChI is InChI=1S/C6H10ClNO2/c1-5-8(2-3-10-5)6(9)4-7/h5H,2-4H2,1H3. The first-order valence-corrected chi connectivity index (χ1v) is 3.76. The van der Waals surface area contributed by atoms with Crippen LogP contribution < -0.4 is 0 Å². The average molecular weight is 164 g/mol. The smallest absolute Gasteiger partial charge is 0.239 e. The number of hydrogen-bond acceptors (Lipinski definition) is 2. The van der Waals surface area contributed by atoms with E-state index in [1.165, 1.54) is 0 Å². The van der Waals surface area contributed by atoms with Crippen LogP contribution >= 0.6 is 11.6 Å². The minimum atomic E-state index is -0.0914. The summed E-state index contributed by atoms with van der Waals surface area (Å²) >= 11 is 5.35. The summed E-state index contributed by atoms with van der Waals surface area (Å²) in [5.74, 6) is -0.0000772. The highest BCUT2D eigenvalue weighted by molar-refractivity contribution is 6.27. The van der Waals surface area contributed by atoms with Crippen LogP contribution in [0.2, 0.25) is 0 Å². The molecule has 0 aromatic heterocycles. The predicted octanol–water partition coefficient (Wildman–Crippen LogP) is 0.430. The summed E-state index contributed by atoms with van der Waals surface area (Å²) in [4.78, 5) is 12.6. The largest absolute Gasteiger partial charge is 0.357 e. The molecule has 0 aromatic rings. The van der Waals surface area contributed by atoms with Crippen molar-refractivity contribution in [2.45, 2.75) is 13.2 Å². The molecule has 0 aliphatic carbocycles. The maximum atomic E-state index is 10.9. The van der Waals surface area contributed by atoms with Gasteiger partial charge in [0.15, 0.2) is 0 Å². The van der Waals surface area contributed by atoms with Gasteiger partial charge in [-0.3, -0.25) is 4.79 Å². The van der Waals surface area contributed by atoms with Crippen molar-refractivity contribution >= 4 is 17.5 Å². The van der Waals surface area contributed by atoms with Crippen molar-refractivity contribution in [1.29, 1.82) is 0 Å². The van der Waals surface area contributed by atoms with E-state index >= 15 is 0 Å². The van der Waals surface area contributed by atoms with Crippen molar-refractivity contribution < 1.29 is 9.53 Å². The van der Waals surface area contributed by atoms with E-state index in [1.54, 1.807) is 4.90 Å². The van der Waals surface area contributed by atoms with Gasteiger partial charge in [0, 0.05) is 6.54 Å². The minimum absolute atomic E-state index is 0.0493. The van der Waals surface area contributed by atoms with Gasteiger partial charge < -0.3 is 9.64 Å². The van der Waals surface area contributed by atoms with Crippen molar-refractivity contribution in [2.24, 2.45) is 0 Å². The second-order valence-electron chi connectivity index (χ2n) is 2.19. The zero-order chi connectivity index (χ0) is 7.56. The van der Waals surface area contributed by atoms with Crippen molar-refractivity contribution in [3.63, 3.8) is 0 Å². The monoisotopic (exact) mass is 163 g/mol. The van der Waals surface area contributed by atoms with E-state index in [2.05, 4.69) is 0 Å². The van der Waals surface area contributed by atoms with E-state index in [4.69, 9.17) is 16.3 Å². The summed E-state index contributed by atoms with van der Waals surface area (Å²) in [5.41, 5.74) is 0. The lowest BCUT2D eigenvalue weighted by atomic mass is 10.5. The summed E-state index contributed by atoms with van der Waals surface area (Å²) in [6.07, 6.45) is -0.0914. The van der Waals surface area contributed by atoms with Crippen LogP contribution in [0.25, 0.3) is 0 Å². The lowest BCUT2D eigenvalue weighted by molar-refractivity contribution is -0.132. The molecule has 58 valence electrons. The average Bonchev–Trinajstić information content (AvgIpc) is 2.34. The number of amides is 1. The van der Waals surface area contributed by atoms with Crippen molar-refractivity contribution in [3.05, 3.63) is 0 Å². The Bertz CT molecular complexity index is 140. The van der Waals surface area contributed by atoms with Crippen LogP contribution in [0.4, 0.5) is 0 Å². The molecule has 0 aromatic carbocycles. The maximum absolute atomic E-state index is 10.9. The van der Waals surface area contributed by atoms with Crippen LogP contribution in [0.15, 0.2) is 0 Å². The first kappa shape index (κ1) is 7.82. The molecule has 4 heteroatoms. The number of halogens is 1. The molecule has 1 saturated heterocycles. The van der Waals surface area contributed by atoms with Crippen LogP contribution in [0.5, 0.6) is 0 Å². The molecular weight excluding hydrogens is 154 g/mol. The second-order valence-corrected chi connectivity index (χ2v) is 2.46. The van der Waals surface area contributed by atoms with E-state index in [9.17, 15) is 4.79 Å². The Morgan fingerprint density at radius 2 is 2.60 bits per heavy atom. The Labute approximate surface area is 64.9 Å². The Hall–Kier alpha value is -0.280. The van der Waals surface area contributed by atoms with Gasteiger partial charge in [-0.05, 0) is 6.92 Å². The van der Waals surface area contributed by atoms with Gasteiger partial charge in [0.25, 0.3) is 0 Å². The van der Waals surface area contributed by atoms with Crippen molar-refractivity contribution in [1.82, 2.24) is 4.90 Å². The summed E-state index contributed by atoms with van der Waals surface area (Å²) in [5, 5.41) is 0. The second kappa shape index (κ2) is 3.21. The summed E-state index contributed by atoms with van der Waals surface area (Å²) in [6, 6.07) is 0. The first-order valence-electron chi connectivity index (χ1n) is 3.22. The minimum Gasteiger partial charge on any atom is -0.357 e. The van der Waals surface area contributed by atoms with E-state index in [-0.39, 0.29) is 18.0 Å². The molecule has 0 N–H and O–H groups in total. The summed E-state index contributed by atoms with van der Waals surface area (Å²) < 4.78 is 5.13. The molecule has 1 heterocycles. The van der Waals surface area contributed by atoms with Crippen LogP contribution in [-0.2, 0) is 9.53 Å². The third-order valence-corrected chi connectivity index (χ3v) is 1.79. The molecule has 0 saturated carbocycles. The third-order valence-electron chi connectivity index (χ3n) is 1.56. The van der Waals surface area contributed by atoms with Gasteiger partial charge in [-0.15, -0.1) is 11.6 Å². The lowest BCUT2D eigenvalue weighted by Crippen LogP contribution is -2.34. The Kier molecular flexibility index (Phi) is 2.51. The maximum Gasteiger partial charge on any atom is 0.239 e. The van der Waals surface area contributed by atoms with Crippen molar-refractivity contribution in [3.8, 4) is 0 Å². The van der Waals surface area contributed by atoms with Gasteiger partial charge in [0.05, 0.1) is 6.61 Å². The van der Waals surface area contributed by atoms with E-state index in [1.807, 2.05) is 6.92 Å². The Morgan fingerprint density at radius 3 is 3.00 bits per heavy atom. The number of nitrogens with zero attached hydrogens (tertiary/aromatic N) is 1. The fourth-order valence-corrected chi connectivity index (χ4v) is 1.15. The van der Waals surface area contributed by atoms with Gasteiger partial charge in [-0.25, -0.2) is 0 Å².